The Hall–Kier alpha value is -4.08. The number of nitrogens with zero attached hydrogens (tertiary/aromatic N) is 1. The van der Waals surface area contributed by atoms with Crippen molar-refractivity contribution in [3.63, 3.8) is 0 Å². The van der Waals surface area contributed by atoms with Gasteiger partial charge in [-0.1, -0.05) is 47.1 Å². The number of carbonyl (C=O) groups is 2. The molecular weight excluding hydrogens is 628 g/mol. The molecule has 0 aromatic heterocycles. The highest BCUT2D eigenvalue weighted by Crippen LogP contribution is 2.51. The Kier molecular flexibility index (Phi) is 8.30. The number of hydrogen-bond acceptors (Lipinski definition) is 4. The van der Waals surface area contributed by atoms with Crippen LogP contribution in [0.1, 0.15) is 33.5 Å². The molecule has 6 nitrogen and oxygen atoms in total. The maximum absolute atomic E-state index is 14.9. The number of fused-ring (bicyclic) bond motifs is 1. The molecule has 0 fully saturated rings. The molecule has 2 N–H and O–H groups in total. The van der Waals surface area contributed by atoms with Crippen LogP contribution >= 0.6 is 11.6 Å². The largest absolute Gasteiger partial charge is 0.435 e. The van der Waals surface area contributed by atoms with Gasteiger partial charge in [0.05, 0.1) is 29.3 Å². The van der Waals surface area contributed by atoms with E-state index in [-0.39, 0.29) is 34.0 Å². The fourth-order valence-corrected chi connectivity index (χ4v) is 4.56. The van der Waals surface area contributed by atoms with Crippen molar-refractivity contribution in [2.75, 3.05) is 13.1 Å². The van der Waals surface area contributed by atoms with Crippen molar-refractivity contribution in [3.8, 4) is 0 Å². The maximum atomic E-state index is 14.9. The number of hydrogen-bond donors (Lipinski definition) is 2. The molecule has 0 unspecified atom stereocenters. The number of amides is 2. The van der Waals surface area contributed by atoms with E-state index in [4.69, 9.17) is 16.4 Å². The Morgan fingerprint density at radius 1 is 0.930 bits per heavy atom. The predicted octanol–water partition coefficient (Wildman–Crippen LogP) is 6.64. The molecule has 0 spiro atoms. The van der Waals surface area contributed by atoms with Gasteiger partial charge in [-0.3, -0.25) is 9.59 Å². The van der Waals surface area contributed by atoms with Gasteiger partial charge in [0.2, 0.25) is 5.91 Å². The molecule has 3 aromatic carbocycles. The van der Waals surface area contributed by atoms with Gasteiger partial charge in [0, 0.05) is 16.7 Å². The van der Waals surface area contributed by atoms with Crippen LogP contribution in [0.5, 0.6) is 0 Å². The summed E-state index contributed by atoms with van der Waals surface area (Å²) in [7, 11) is 0. The first-order valence-corrected chi connectivity index (χ1v) is 12.2. The van der Waals surface area contributed by atoms with E-state index in [0.717, 1.165) is 12.1 Å². The fourth-order valence-electron chi connectivity index (χ4n) is 4.34. The molecule has 4 rings (SSSR count). The summed E-state index contributed by atoms with van der Waals surface area (Å²) in [5, 5.41) is 6.14. The van der Waals surface area contributed by atoms with E-state index >= 15 is 0 Å². The van der Waals surface area contributed by atoms with Gasteiger partial charge < -0.3 is 15.5 Å². The lowest BCUT2D eigenvalue weighted by Gasteiger charge is -2.30. The molecule has 43 heavy (non-hydrogen) atoms. The van der Waals surface area contributed by atoms with E-state index in [2.05, 4.69) is 10.5 Å². The summed E-state index contributed by atoms with van der Waals surface area (Å²) in [4.78, 5) is 29.1. The molecule has 230 valence electrons. The SMILES string of the molecule is O=C(CNC(=O)c1ccc(C2=NO[C@@](c3cc(C(F)(F)F)cc(Cl)c3F)(C(F)(F)F)C2)c2ccccc12)NCC(F)(F)F. The quantitative estimate of drug-likeness (QED) is 0.296. The summed E-state index contributed by atoms with van der Waals surface area (Å²) in [5.41, 5.74) is -7.52. The average Bonchev–Trinajstić information content (AvgIpc) is 3.37. The average molecular weight is 644 g/mol. The summed E-state index contributed by atoms with van der Waals surface area (Å²) in [6.45, 7) is -2.45. The van der Waals surface area contributed by atoms with Crippen LogP contribution in [0.15, 0.2) is 53.7 Å². The Balaban J connectivity index is 1.68. The van der Waals surface area contributed by atoms with Crippen LogP contribution in [0.4, 0.5) is 43.9 Å². The van der Waals surface area contributed by atoms with Crippen molar-refractivity contribution in [2.24, 2.45) is 5.16 Å². The van der Waals surface area contributed by atoms with Crippen molar-refractivity contribution in [3.05, 3.63) is 81.6 Å². The van der Waals surface area contributed by atoms with Crippen LogP contribution in [0, 0.1) is 5.82 Å². The Bertz CT molecular complexity index is 1620. The zero-order valence-electron chi connectivity index (χ0n) is 21.1. The first-order valence-electron chi connectivity index (χ1n) is 11.9. The molecule has 2 amide bonds. The summed E-state index contributed by atoms with van der Waals surface area (Å²) in [6.07, 6.45) is -16.6. The summed E-state index contributed by atoms with van der Waals surface area (Å²) in [5.74, 6) is -3.85. The van der Waals surface area contributed by atoms with E-state index < -0.39 is 83.1 Å². The fraction of sp³-hybridized carbons (Fsp3) is 0.269. The van der Waals surface area contributed by atoms with Gasteiger partial charge in [0.25, 0.3) is 11.5 Å². The van der Waals surface area contributed by atoms with Crippen LogP contribution in [0.2, 0.25) is 5.02 Å². The normalized spacial score (nSPS) is 17.4. The third kappa shape index (κ3) is 6.48. The minimum atomic E-state index is -5.49. The highest BCUT2D eigenvalue weighted by atomic mass is 35.5. The molecule has 0 saturated carbocycles. The third-order valence-electron chi connectivity index (χ3n) is 6.35. The monoisotopic (exact) mass is 643 g/mol. The van der Waals surface area contributed by atoms with Gasteiger partial charge in [-0.25, -0.2) is 4.39 Å². The number of halogens is 11. The first-order chi connectivity index (χ1) is 19.8. The van der Waals surface area contributed by atoms with Gasteiger partial charge in [0.15, 0.2) is 0 Å². The molecule has 0 aliphatic carbocycles. The number of rotatable bonds is 6. The zero-order chi connectivity index (χ0) is 32.0. The lowest BCUT2D eigenvalue weighted by Crippen LogP contribution is -2.43. The molecule has 1 aliphatic heterocycles. The van der Waals surface area contributed by atoms with E-state index in [0.29, 0.717) is 0 Å². The molecular formula is C26H16ClF10N3O3. The number of alkyl halides is 9. The second kappa shape index (κ2) is 11.2. The molecule has 0 radical (unpaired) electrons. The van der Waals surface area contributed by atoms with E-state index in [9.17, 15) is 53.5 Å². The van der Waals surface area contributed by atoms with Gasteiger partial charge in [-0.2, -0.15) is 39.5 Å². The highest BCUT2D eigenvalue weighted by Gasteiger charge is 2.64. The molecule has 1 heterocycles. The van der Waals surface area contributed by atoms with Crippen LogP contribution in [-0.4, -0.2) is 43.0 Å². The zero-order valence-corrected chi connectivity index (χ0v) is 21.8. The third-order valence-corrected chi connectivity index (χ3v) is 6.63. The summed E-state index contributed by atoms with van der Waals surface area (Å²) < 4.78 is 135. The van der Waals surface area contributed by atoms with Gasteiger partial charge >= 0.3 is 18.5 Å². The smallest absolute Gasteiger partial charge is 0.374 e. The lowest BCUT2D eigenvalue weighted by molar-refractivity contribution is -0.276. The Morgan fingerprint density at radius 3 is 2.19 bits per heavy atom. The molecule has 1 atom stereocenters. The van der Waals surface area contributed by atoms with E-state index in [1.807, 2.05) is 0 Å². The van der Waals surface area contributed by atoms with Crippen molar-refractivity contribution < 1.29 is 58.3 Å². The van der Waals surface area contributed by atoms with Crippen LogP contribution in [0.25, 0.3) is 10.8 Å². The number of oxime groups is 1. The molecule has 17 heteroatoms. The number of carbonyl (C=O) groups excluding carboxylic acids is 2. The van der Waals surface area contributed by atoms with Crippen LogP contribution in [-0.2, 0) is 21.4 Å². The minimum Gasteiger partial charge on any atom is -0.374 e. The molecule has 3 aromatic rings. The first kappa shape index (κ1) is 31.8. The van der Waals surface area contributed by atoms with Crippen molar-refractivity contribution >= 4 is 39.9 Å². The predicted molar refractivity (Wildman–Crippen MR) is 132 cm³/mol. The van der Waals surface area contributed by atoms with Gasteiger partial charge in [-0.05, 0) is 29.0 Å². The molecule has 0 saturated heterocycles. The summed E-state index contributed by atoms with van der Waals surface area (Å²) in [6, 6.07) is 7.99. The van der Waals surface area contributed by atoms with Crippen molar-refractivity contribution in [2.45, 2.75) is 30.6 Å². The van der Waals surface area contributed by atoms with Gasteiger partial charge in [0.1, 0.15) is 12.4 Å². The lowest BCUT2D eigenvalue weighted by atomic mass is 9.84. The van der Waals surface area contributed by atoms with Crippen molar-refractivity contribution in [1.29, 1.82) is 0 Å². The number of benzene rings is 3. The van der Waals surface area contributed by atoms with Crippen LogP contribution < -0.4 is 10.6 Å². The Morgan fingerprint density at radius 2 is 1.58 bits per heavy atom. The van der Waals surface area contributed by atoms with Gasteiger partial charge in [-0.15, -0.1) is 0 Å². The van der Waals surface area contributed by atoms with Crippen molar-refractivity contribution in [1.82, 2.24) is 10.6 Å². The van der Waals surface area contributed by atoms with E-state index in [1.54, 1.807) is 5.32 Å². The maximum Gasteiger partial charge on any atom is 0.435 e. The standard InChI is InChI=1S/C26H16ClF10N3O3/c27-18-8-12(25(32,33)34)7-17(21(18)28)23(26(35,36)37)9-19(40-43-23)15-5-6-16(14-4-2-1-3-13(14)15)22(42)38-10-20(41)39-11-24(29,30)31/h1-8H,9-11H2,(H,38,42)(H,39,41)/t23-/m0/s1. The molecule has 1 aliphatic rings. The van der Waals surface area contributed by atoms with Crippen LogP contribution in [0.3, 0.4) is 0 Å². The second-order valence-corrected chi connectivity index (χ2v) is 9.64. The summed E-state index contributed by atoms with van der Waals surface area (Å²) >= 11 is 5.53. The second-order valence-electron chi connectivity index (χ2n) is 9.23. The number of nitrogens with one attached hydrogen (secondary N) is 2. The topological polar surface area (TPSA) is 79.8 Å². The van der Waals surface area contributed by atoms with E-state index in [1.165, 1.54) is 24.3 Å². The molecule has 0 bridgehead atoms. The highest BCUT2D eigenvalue weighted by molar-refractivity contribution is 6.31. The minimum absolute atomic E-state index is 0.0520. The Labute approximate surface area is 239 Å².